The summed E-state index contributed by atoms with van der Waals surface area (Å²) >= 11 is 0. The zero-order chi connectivity index (χ0) is 13.3. The topological polar surface area (TPSA) is 95.1 Å². The molecule has 1 aromatic carbocycles. The Morgan fingerprint density at radius 2 is 1.89 bits per heavy atom. The van der Waals surface area contributed by atoms with Gasteiger partial charge in [-0.05, 0) is 24.3 Å². The molecule has 0 N–H and O–H groups in total. The molecule has 7 nitrogen and oxygen atoms in total. The van der Waals surface area contributed by atoms with Gasteiger partial charge < -0.3 is 0 Å². The molecule has 8 heteroatoms. The van der Waals surface area contributed by atoms with Gasteiger partial charge in [-0.1, -0.05) is 0 Å². The second-order valence-corrected chi connectivity index (χ2v) is 5.68. The number of rotatable bonds is 3. The third-order valence-corrected chi connectivity index (χ3v) is 3.44. The van der Waals surface area contributed by atoms with Gasteiger partial charge in [-0.25, -0.2) is 13.1 Å². The fraction of sp³-hybridized carbons (Fsp3) is 0.100. The van der Waals surface area contributed by atoms with Gasteiger partial charge in [-0.2, -0.15) is 5.10 Å². The first-order valence-corrected chi connectivity index (χ1v) is 6.76. The Hall–Kier alpha value is -2.22. The third kappa shape index (κ3) is 2.38. The van der Waals surface area contributed by atoms with Crippen molar-refractivity contribution in [3.8, 4) is 5.69 Å². The van der Waals surface area contributed by atoms with Crippen LogP contribution in [0.2, 0.25) is 0 Å². The molecule has 0 atom stereocenters. The van der Waals surface area contributed by atoms with Gasteiger partial charge in [0.1, 0.15) is 12.4 Å². The number of aromatic nitrogens is 2. The standard InChI is InChI=1S/C10H9N3O4S/c1-18(16,17)10-4-2-8(3-5-10)12-7-9(6-11-12)13(14)15/h2-7H,1H3. The van der Waals surface area contributed by atoms with E-state index in [0.29, 0.717) is 5.69 Å². The van der Waals surface area contributed by atoms with E-state index < -0.39 is 14.8 Å². The van der Waals surface area contributed by atoms with Crippen molar-refractivity contribution < 1.29 is 13.3 Å². The molecular formula is C10H9N3O4S. The summed E-state index contributed by atoms with van der Waals surface area (Å²) in [6.45, 7) is 0. The molecule has 2 rings (SSSR count). The predicted octanol–water partition coefficient (Wildman–Crippen LogP) is 1.18. The Kier molecular flexibility index (Phi) is 2.87. The van der Waals surface area contributed by atoms with Crippen molar-refractivity contribution in [1.82, 2.24) is 9.78 Å². The summed E-state index contributed by atoms with van der Waals surface area (Å²) in [5.41, 5.74) is 0.428. The number of nitro groups is 1. The number of nitrogens with zero attached hydrogens (tertiary/aromatic N) is 3. The van der Waals surface area contributed by atoms with E-state index in [1.807, 2.05) is 0 Å². The van der Waals surface area contributed by atoms with Gasteiger partial charge in [0.05, 0.1) is 15.5 Å². The summed E-state index contributed by atoms with van der Waals surface area (Å²) in [5.74, 6) is 0. The molecule has 0 spiro atoms. The fourth-order valence-electron chi connectivity index (χ4n) is 1.39. The predicted molar refractivity (Wildman–Crippen MR) is 63.3 cm³/mol. The number of benzene rings is 1. The van der Waals surface area contributed by atoms with Crippen LogP contribution in [0.1, 0.15) is 0 Å². The van der Waals surface area contributed by atoms with Crippen LogP contribution in [0.4, 0.5) is 5.69 Å². The van der Waals surface area contributed by atoms with Crippen LogP contribution in [0.3, 0.4) is 0 Å². The molecule has 0 aliphatic carbocycles. The van der Waals surface area contributed by atoms with Crippen LogP contribution in [0.5, 0.6) is 0 Å². The zero-order valence-corrected chi connectivity index (χ0v) is 10.2. The van der Waals surface area contributed by atoms with Crippen LogP contribution in [0.15, 0.2) is 41.6 Å². The maximum absolute atomic E-state index is 11.3. The van der Waals surface area contributed by atoms with Crippen molar-refractivity contribution >= 4 is 15.5 Å². The minimum absolute atomic E-state index is 0.123. The average Bonchev–Trinajstić information content (AvgIpc) is 2.77. The van der Waals surface area contributed by atoms with E-state index in [4.69, 9.17) is 0 Å². The quantitative estimate of drug-likeness (QED) is 0.614. The summed E-state index contributed by atoms with van der Waals surface area (Å²) in [4.78, 5) is 10.1. The van der Waals surface area contributed by atoms with Crippen LogP contribution in [-0.2, 0) is 9.84 Å². The molecule has 0 aliphatic heterocycles. The molecule has 0 saturated carbocycles. The van der Waals surface area contributed by atoms with Gasteiger partial charge in [0.25, 0.3) is 0 Å². The molecule has 0 unspecified atom stereocenters. The first kappa shape index (κ1) is 12.2. The van der Waals surface area contributed by atoms with E-state index in [-0.39, 0.29) is 10.6 Å². The molecular weight excluding hydrogens is 258 g/mol. The Bertz CT molecular complexity index is 688. The molecule has 1 heterocycles. The van der Waals surface area contributed by atoms with E-state index in [0.717, 1.165) is 12.5 Å². The Morgan fingerprint density at radius 1 is 1.28 bits per heavy atom. The second-order valence-electron chi connectivity index (χ2n) is 3.67. The average molecular weight is 267 g/mol. The lowest BCUT2D eigenvalue weighted by Crippen LogP contribution is -1.99. The first-order valence-electron chi connectivity index (χ1n) is 4.87. The lowest BCUT2D eigenvalue weighted by molar-refractivity contribution is -0.384. The van der Waals surface area contributed by atoms with Crippen molar-refractivity contribution in [3.63, 3.8) is 0 Å². The normalized spacial score (nSPS) is 11.4. The molecule has 0 bridgehead atoms. The molecule has 2 aromatic rings. The van der Waals surface area contributed by atoms with Crippen LogP contribution < -0.4 is 0 Å². The number of hydrogen-bond acceptors (Lipinski definition) is 5. The maximum atomic E-state index is 11.3. The maximum Gasteiger partial charge on any atom is 0.307 e. The summed E-state index contributed by atoms with van der Waals surface area (Å²) in [7, 11) is -3.25. The highest BCUT2D eigenvalue weighted by Crippen LogP contribution is 2.16. The van der Waals surface area contributed by atoms with Gasteiger partial charge in [-0.15, -0.1) is 0 Å². The van der Waals surface area contributed by atoms with Gasteiger partial charge in [0.2, 0.25) is 0 Å². The van der Waals surface area contributed by atoms with Gasteiger partial charge in [0.15, 0.2) is 9.84 Å². The highest BCUT2D eigenvalue weighted by Gasteiger charge is 2.11. The molecule has 18 heavy (non-hydrogen) atoms. The largest absolute Gasteiger partial charge is 0.307 e. The Morgan fingerprint density at radius 3 is 2.33 bits per heavy atom. The van der Waals surface area contributed by atoms with Crippen LogP contribution in [0, 0.1) is 10.1 Å². The minimum Gasteiger partial charge on any atom is -0.258 e. The van der Waals surface area contributed by atoms with Crippen molar-refractivity contribution in [3.05, 3.63) is 46.8 Å². The SMILES string of the molecule is CS(=O)(=O)c1ccc(-n2cc([N+](=O)[O-])cn2)cc1. The Balaban J connectivity index is 2.37. The molecule has 94 valence electrons. The summed E-state index contributed by atoms with van der Waals surface area (Å²) in [6, 6.07) is 5.93. The zero-order valence-electron chi connectivity index (χ0n) is 9.35. The third-order valence-electron chi connectivity index (χ3n) is 2.31. The van der Waals surface area contributed by atoms with Crippen molar-refractivity contribution in [2.75, 3.05) is 6.26 Å². The summed E-state index contributed by atoms with van der Waals surface area (Å²) in [6.07, 6.45) is 3.50. The van der Waals surface area contributed by atoms with Crippen molar-refractivity contribution in [2.24, 2.45) is 0 Å². The van der Waals surface area contributed by atoms with E-state index in [2.05, 4.69) is 5.10 Å². The summed E-state index contributed by atoms with van der Waals surface area (Å²) in [5, 5.41) is 14.3. The second kappa shape index (κ2) is 4.22. The van der Waals surface area contributed by atoms with Crippen LogP contribution >= 0.6 is 0 Å². The van der Waals surface area contributed by atoms with Gasteiger partial charge in [-0.3, -0.25) is 10.1 Å². The highest BCUT2D eigenvalue weighted by molar-refractivity contribution is 7.90. The molecule has 0 saturated heterocycles. The van der Waals surface area contributed by atoms with Gasteiger partial charge in [0, 0.05) is 6.26 Å². The minimum atomic E-state index is -3.25. The lowest BCUT2D eigenvalue weighted by Gasteiger charge is -2.02. The van der Waals surface area contributed by atoms with Crippen molar-refractivity contribution in [1.29, 1.82) is 0 Å². The van der Waals surface area contributed by atoms with E-state index >= 15 is 0 Å². The van der Waals surface area contributed by atoms with Crippen LogP contribution in [-0.4, -0.2) is 29.4 Å². The van der Waals surface area contributed by atoms with E-state index in [1.54, 1.807) is 0 Å². The first-order chi connectivity index (χ1) is 8.38. The number of sulfone groups is 1. The van der Waals surface area contributed by atoms with Crippen molar-refractivity contribution in [2.45, 2.75) is 4.90 Å². The van der Waals surface area contributed by atoms with Gasteiger partial charge >= 0.3 is 5.69 Å². The fourth-order valence-corrected chi connectivity index (χ4v) is 2.03. The molecule has 0 amide bonds. The van der Waals surface area contributed by atoms with E-state index in [9.17, 15) is 18.5 Å². The molecule has 1 aromatic heterocycles. The highest BCUT2D eigenvalue weighted by atomic mass is 32.2. The monoisotopic (exact) mass is 267 g/mol. The molecule has 0 radical (unpaired) electrons. The smallest absolute Gasteiger partial charge is 0.258 e. The molecule has 0 fully saturated rings. The molecule has 0 aliphatic rings. The Labute approximate surface area is 103 Å². The van der Waals surface area contributed by atoms with Crippen LogP contribution in [0.25, 0.3) is 5.69 Å². The summed E-state index contributed by atoms with van der Waals surface area (Å²) < 4.78 is 23.8. The van der Waals surface area contributed by atoms with E-state index in [1.165, 1.54) is 35.1 Å². The number of hydrogen-bond donors (Lipinski definition) is 0. The lowest BCUT2D eigenvalue weighted by atomic mass is 10.3.